The van der Waals surface area contributed by atoms with E-state index in [-0.39, 0.29) is 24.5 Å². The first kappa shape index (κ1) is 24.2. The van der Waals surface area contributed by atoms with Crippen molar-refractivity contribution in [2.45, 2.75) is 12.8 Å². The summed E-state index contributed by atoms with van der Waals surface area (Å²) in [6.07, 6.45) is 0.368. The van der Waals surface area contributed by atoms with Crippen molar-refractivity contribution in [3.05, 3.63) is 125 Å². The van der Waals surface area contributed by atoms with Crippen LogP contribution >= 0.6 is 11.6 Å². The molecule has 5 aromatic rings. The van der Waals surface area contributed by atoms with Crippen LogP contribution in [0.1, 0.15) is 28.2 Å². The minimum atomic E-state index is -0.281. The van der Waals surface area contributed by atoms with Crippen LogP contribution in [0.2, 0.25) is 5.02 Å². The van der Waals surface area contributed by atoms with Gasteiger partial charge in [0.2, 0.25) is 17.6 Å². The van der Waals surface area contributed by atoms with Gasteiger partial charge in [0.15, 0.2) is 5.78 Å². The predicted octanol–water partition coefficient (Wildman–Crippen LogP) is 6.86. The number of nitrogens with zero attached hydrogens (tertiary/aromatic N) is 2. The Kier molecular flexibility index (Phi) is 7.19. The van der Waals surface area contributed by atoms with Crippen molar-refractivity contribution >= 4 is 29.0 Å². The molecule has 1 amide bonds. The second-order valence-electron chi connectivity index (χ2n) is 8.39. The molecule has 0 spiro atoms. The third-order valence-electron chi connectivity index (χ3n) is 5.82. The van der Waals surface area contributed by atoms with Crippen LogP contribution in [-0.4, -0.2) is 21.8 Å². The van der Waals surface area contributed by atoms with Gasteiger partial charge in [-0.25, -0.2) is 0 Å². The molecule has 1 N–H and O–H groups in total. The highest BCUT2D eigenvalue weighted by Crippen LogP contribution is 2.25. The topological polar surface area (TPSA) is 85.1 Å². The minimum Gasteiger partial charge on any atom is -0.339 e. The highest BCUT2D eigenvalue weighted by atomic mass is 35.5. The number of carbonyl (C=O) groups excluding carboxylic acids is 2. The molecule has 5 rings (SSSR count). The molecule has 1 heterocycles. The SMILES string of the molecule is O=C(CCc1nc(-c2ccc(-c3ccccc3)cc2)no1)Nc1ccc(Cl)cc1C(=O)c1ccccc1. The molecule has 0 aliphatic rings. The highest BCUT2D eigenvalue weighted by molar-refractivity contribution is 6.31. The molecular weight excluding hydrogens is 486 g/mol. The fourth-order valence-corrected chi connectivity index (χ4v) is 4.08. The van der Waals surface area contributed by atoms with Crippen LogP contribution in [0.5, 0.6) is 0 Å². The lowest BCUT2D eigenvalue weighted by Gasteiger charge is -2.11. The van der Waals surface area contributed by atoms with E-state index in [9.17, 15) is 9.59 Å². The molecule has 1 aromatic heterocycles. The third kappa shape index (κ3) is 5.82. The number of ketones is 1. The van der Waals surface area contributed by atoms with E-state index in [1.54, 1.807) is 42.5 Å². The van der Waals surface area contributed by atoms with E-state index in [1.165, 1.54) is 0 Å². The summed E-state index contributed by atoms with van der Waals surface area (Å²) < 4.78 is 5.36. The lowest BCUT2D eigenvalue weighted by molar-refractivity contribution is -0.116. The first-order chi connectivity index (χ1) is 18.1. The maximum absolute atomic E-state index is 13.0. The summed E-state index contributed by atoms with van der Waals surface area (Å²) in [4.78, 5) is 30.1. The Bertz CT molecular complexity index is 1530. The van der Waals surface area contributed by atoms with E-state index in [2.05, 4.69) is 27.6 Å². The summed E-state index contributed by atoms with van der Waals surface area (Å²) in [7, 11) is 0. The van der Waals surface area contributed by atoms with Crippen LogP contribution in [0.3, 0.4) is 0 Å². The zero-order valence-corrected chi connectivity index (χ0v) is 20.5. The molecule has 0 saturated carbocycles. The normalized spacial score (nSPS) is 10.7. The summed E-state index contributed by atoms with van der Waals surface area (Å²) in [5.41, 5.74) is 4.28. The Morgan fingerprint density at radius 2 is 1.43 bits per heavy atom. The number of aromatic nitrogens is 2. The zero-order valence-electron chi connectivity index (χ0n) is 19.7. The van der Waals surface area contributed by atoms with Crippen LogP contribution < -0.4 is 5.32 Å². The van der Waals surface area contributed by atoms with Gasteiger partial charge in [0.25, 0.3) is 0 Å². The van der Waals surface area contributed by atoms with E-state index in [0.717, 1.165) is 16.7 Å². The fourth-order valence-electron chi connectivity index (χ4n) is 3.91. The molecule has 6 nitrogen and oxygen atoms in total. The molecular formula is C30H22ClN3O3. The van der Waals surface area contributed by atoms with Crippen molar-refractivity contribution in [1.29, 1.82) is 0 Å². The third-order valence-corrected chi connectivity index (χ3v) is 6.06. The molecule has 0 saturated heterocycles. The Hall–Kier alpha value is -4.55. The Morgan fingerprint density at radius 3 is 2.16 bits per heavy atom. The fraction of sp³-hybridized carbons (Fsp3) is 0.0667. The molecule has 0 bridgehead atoms. The number of halogens is 1. The van der Waals surface area contributed by atoms with Crippen molar-refractivity contribution in [2.75, 3.05) is 5.32 Å². The van der Waals surface area contributed by atoms with Crippen molar-refractivity contribution in [1.82, 2.24) is 10.1 Å². The van der Waals surface area contributed by atoms with Gasteiger partial charge in [0.1, 0.15) is 0 Å². The monoisotopic (exact) mass is 507 g/mol. The number of hydrogen-bond acceptors (Lipinski definition) is 5. The second-order valence-corrected chi connectivity index (χ2v) is 8.82. The molecule has 4 aromatic carbocycles. The summed E-state index contributed by atoms with van der Waals surface area (Å²) in [6.45, 7) is 0. The van der Waals surface area contributed by atoms with Crippen molar-refractivity contribution in [3.63, 3.8) is 0 Å². The first-order valence-corrected chi connectivity index (χ1v) is 12.1. The van der Waals surface area contributed by atoms with Gasteiger partial charge in [0, 0.05) is 34.6 Å². The van der Waals surface area contributed by atoms with Gasteiger partial charge in [-0.2, -0.15) is 4.98 Å². The van der Waals surface area contributed by atoms with Gasteiger partial charge < -0.3 is 9.84 Å². The highest BCUT2D eigenvalue weighted by Gasteiger charge is 2.17. The lowest BCUT2D eigenvalue weighted by Crippen LogP contribution is -2.15. The average Bonchev–Trinajstić information content (AvgIpc) is 3.43. The molecule has 0 fully saturated rings. The van der Waals surface area contributed by atoms with E-state index in [1.807, 2.05) is 48.5 Å². The van der Waals surface area contributed by atoms with E-state index in [4.69, 9.17) is 16.1 Å². The second kappa shape index (κ2) is 11.0. The molecule has 182 valence electrons. The largest absolute Gasteiger partial charge is 0.339 e. The summed E-state index contributed by atoms with van der Waals surface area (Å²) in [5.74, 6) is 0.312. The van der Waals surface area contributed by atoms with Gasteiger partial charge in [-0.3, -0.25) is 9.59 Å². The number of anilines is 1. The van der Waals surface area contributed by atoms with Gasteiger partial charge >= 0.3 is 0 Å². The van der Waals surface area contributed by atoms with E-state index < -0.39 is 0 Å². The first-order valence-electron chi connectivity index (χ1n) is 11.7. The lowest BCUT2D eigenvalue weighted by atomic mass is 10.0. The smallest absolute Gasteiger partial charge is 0.227 e. The van der Waals surface area contributed by atoms with Crippen LogP contribution in [-0.2, 0) is 11.2 Å². The number of aryl methyl sites for hydroxylation is 1. The Labute approximate surface area is 218 Å². The van der Waals surface area contributed by atoms with Crippen molar-refractivity contribution in [2.24, 2.45) is 0 Å². The number of nitrogens with one attached hydrogen (secondary N) is 1. The summed E-state index contributed by atoms with van der Waals surface area (Å²) in [6, 6.07) is 31.6. The molecule has 37 heavy (non-hydrogen) atoms. The molecule has 7 heteroatoms. The van der Waals surface area contributed by atoms with Gasteiger partial charge in [-0.1, -0.05) is 102 Å². The summed E-state index contributed by atoms with van der Waals surface area (Å²) >= 11 is 6.13. The number of benzene rings is 4. The number of hydrogen-bond donors (Lipinski definition) is 1. The van der Waals surface area contributed by atoms with Gasteiger partial charge in [-0.05, 0) is 29.3 Å². The Balaban J connectivity index is 1.23. The van der Waals surface area contributed by atoms with E-state index in [0.29, 0.717) is 33.6 Å². The molecule has 0 unspecified atom stereocenters. The van der Waals surface area contributed by atoms with Crippen LogP contribution in [0.15, 0.2) is 108 Å². The number of amides is 1. The van der Waals surface area contributed by atoms with Crippen LogP contribution in [0, 0.1) is 0 Å². The van der Waals surface area contributed by atoms with E-state index >= 15 is 0 Å². The molecule has 0 aliphatic carbocycles. The summed E-state index contributed by atoms with van der Waals surface area (Å²) in [5, 5.41) is 7.27. The van der Waals surface area contributed by atoms with Crippen molar-refractivity contribution < 1.29 is 14.1 Å². The number of rotatable bonds is 8. The van der Waals surface area contributed by atoms with Crippen LogP contribution in [0.25, 0.3) is 22.5 Å². The zero-order chi connectivity index (χ0) is 25.6. The average molecular weight is 508 g/mol. The quantitative estimate of drug-likeness (QED) is 0.232. The molecule has 0 atom stereocenters. The molecule has 0 aliphatic heterocycles. The van der Waals surface area contributed by atoms with Crippen molar-refractivity contribution in [3.8, 4) is 22.5 Å². The van der Waals surface area contributed by atoms with Crippen LogP contribution in [0.4, 0.5) is 5.69 Å². The van der Waals surface area contributed by atoms with Gasteiger partial charge in [0.05, 0.1) is 5.69 Å². The minimum absolute atomic E-state index is 0.107. The number of carbonyl (C=O) groups is 2. The predicted molar refractivity (Wildman–Crippen MR) is 143 cm³/mol. The molecule has 0 radical (unpaired) electrons. The maximum Gasteiger partial charge on any atom is 0.227 e. The standard InChI is InChI=1S/C30H22ClN3O3/c31-24-15-16-26(25(19-24)29(36)22-9-5-2-6-10-22)32-27(35)17-18-28-33-30(34-37-28)23-13-11-21(12-14-23)20-7-3-1-4-8-20/h1-16,19H,17-18H2,(H,32,35). The van der Waals surface area contributed by atoms with Gasteiger partial charge in [-0.15, -0.1) is 0 Å². The maximum atomic E-state index is 13.0. The Morgan fingerprint density at radius 1 is 0.784 bits per heavy atom.